The van der Waals surface area contributed by atoms with E-state index in [-0.39, 0.29) is 11.0 Å². The molecule has 1 aromatic carbocycles. The maximum atomic E-state index is 11.2. The molecule has 18 heavy (non-hydrogen) atoms. The Kier molecular flexibility index (Phi) is 2.14. The molecular formula is C15H14O3. The molecule has 0 fully saturated rings. The van der Waals surface area contributed by atoms with Gasteiger partial charge in [0.05, 0.1) is 0 Å². The van der Waals surface area contributed by atoms with E-state index in [0.717, 1.165) is 22.1 Å². The second-order valence-corrected chi connectivity index (χ2v) is 5.54. The molecule has 0 saturated carbocycles. The first-order chi connectivity index (χ1) is 8.43. The minimum Gasteiger partial charge on any atom is -0.460 e. The highest BCUT2D eigenvalue weighted by Gasteiger charge is 2.19. The molecule has 2 aromatic heterocycles. The van der Waals surface area contributed by atoms with E-state index in [1.807, 2.05) is 12.1 Å². The Hall–Kier alpha value is -2.03. The van der Waals surface area contributed by atoms with E-state index >= 15 is 0 Å². The number of hydrogen-bond donors (Lipinski definition) is 0. The number of benzene rings is 1. The summed E-state index contributed by atoms with van der Waals surface area (Å²) in [6.07, 6.45) is 0. The molecule has 0 saturated heterocycles. The second-order valence-electron chi connectivity index (χ2n) is 5.54. The smallest absolute Gasteiger partial charge is 0.336 e. The predicted molar refractivity (Wildman–Crippen MR) is 71.0 cm³/mol. The third-order valence-corrected chi connectivity index (χ3v) is 3.00. The first-order valence-corrected chi connectivity index (χ1v) is 5.91. The molecular weight excluding hydrogens is 228 g/mol. The van der Waals surface area contributed by atoms with Crippen molar-refractivity contribution < 1.29 is 8.83 Å². The van der Waals surface area contributed by atoms with Crippen molar-refractivity contribution in [2.75, 3.05) is 0 Å². The molecule has 0 aliphatic carbocycles. The maximum Gasteiger partial charge on any atom is 0.336 e. The Balaban J connectivity index is 2.34. The van der Waals surface area contributed by atoms with E-state index in [1.165, 1.54) is 6.07 Å². The van der Waals surface area contributed by atoms with Gasteiger partial charge in [-0.15, -0.1) is 0 Å². The average molecular weight is 242 g/mol. The Morgan fingerprint density at radius 3 is 2.33 bits per heavy atom. The van der Waals surface area contributed by atoms with Gasteiger partial charge < -0.3 is 8.83 Å². The van der Waals surface area contributed by atoms with E-state index in [9.17, 15) is 4.79 Å². The van der Waals surface area contributed by atoms with E-state index in [0.29, 0.717) is 5.58 Å². The molecule has 0 unspecified atom stereocenters. The van der Waals surface area contributed by atoms with Gasteiger partial charge >= 0.3 is 5.63 Å². The monoisotopic (exact) mass is 242 g/mol. The van der Waals surface area contributed by atoms with Crippen molar-refractivity contribution in [1.29, 1.82) is 0 Å². The van der Waals surface area contributed by atoms with Crippen LogP contribution >= 0.6 is 0 Å². The highest BCUT2D eigenvalue weighted by atomic mass is 16.4. The van der Waals surface area contributed by atoms with Crippen LogP contribution in [0.3, 0.4) is 0 Å². The van der Waals surface area contributed by atoms with Gasteiger partial charge in [-0.1, -0.05) is 20.8 Å². The fourth-order valence-electron chi connectivity index (χ4n) is 1.97. The van der Waals surface area contributed by atoms with Crippen LogP contribution in [-0.2, 0) is 5.41 Å². The van der Waals surface area contributed by atoms with Crippen LogP contribution in [0, 0.1) is 0 Å². The Bertz CT molecular complexity index is 785. The van der Waals surface area contributed by atoms with Gasteiger partial charge in [-0.25, -0.2) is 4.79 Å². The van der Waals surface area contributed by atoms with Crippen LogP contribution in [0.15, 0.2) is 44.0 Å². The summed E-state index contributed by atoms with van der Waals surface area (Å²) in [5.74, 6) is 0.926. The van der Waals surface area contributed by atoms with Crippen molar-refractivity contribution in [3.63, 3.8) is 0 Å². The Morgan fingerprint density at radius 1 is 0.889 bits per heavy atom. The van der Waals surface area contributed by atoms with Gasteiger partial charge in [0.15, 0.2) is 0 Å². The Morgan fingerprint density at radius 2 is 1.61 bits per heavy atom. The van der Waals surface area contributed by atoms with Crippen molar-refractivity contribution in [2.45, 2.75) is 26.2 Å². The van der Waals surface area contributed by atoms with E-state index < -0.39 is 0 Å². The summed E-state index contributed by atoms with van der Waals surface area (Å²) >= 11 is 0. The molecule has 3 aromatic rings. The van der Waals surface area contributed by atoms with Crippen LogP contribution < -0.4 is 5.63 Å². The van der Waals surface area contributed by atoms with Gasteiger partial charge in [0.1, 0.15) is 16.9 Å². The number of rotatable bonds is 0. The summed E-state index contributed by atoms with van der Waals surface area (Å²) in [6, 6.07) is 9.00. The zero-order chi connectivity index (χ0) is 12.9. The lowest BCUT2D eigenvalue weighted by molar-refractivity contribution is 0.430. The van der Waals surface area contributed by atoms with E-state index in [1.54, 1.807) is 12.1 Å². The first-order valence-electron chi connectivity index (χ1n) is 5.91. The molecule has 3 heteroatoms. The van der Waals surface area contributed by atoms with Crippen LogP contribution in [0.1, 0.15) is 26.5 Å². The van der Waals surface area contributed by atoms with Crippen LogP contribution in [0.2, 0.25) is 0 Å². The molecule has 3 nitrogen and oxygen atoms in total. The second kappa shape index (κ2) is 3.48. The standard InChI is InChI=1S/C15H14O3/c1-15(2,3)13-7-10-6-9-4-5-14(16)18-11(9)8-12(10)17-13/h4-8H,1-3H3. The summed E-state index contributed by atoms with van der Waals surface area (Å²) < 4.78 is 11.0. The fraction of sp³-hybridized carbons (Fsp3) is 0.267. The van der Waals surface area contributed by atoms with Gasteiger partial charge in [-0.3, -0.25) is 0 Å². The molecule has 2 heterocycles. The highest BCUT2D eigenvalue weighted by Crippen LogP contribution is 2.31. The van der Waals surface area contributed by atoms with Gasteiger partial charge in [0.25, 0.3) is 0 Å². The van der Waals surface area contributed by atoms with Crippen molar-refractivity contribution >= 4 is 21.9 Å². The number of fused-ring (bicyclic) bond motifs is 2. The molecule has 0 atom stereocenters. The third-order valence-electron chi connectivity index (χ3n) is 3.00. The minimum absolute atomic E-state index is 0.0357. The maximum absolute atomic E-state index is 11.2. The van der Waals surface area contributed by atoms with E-state index in [4.69, 9.17) is 8.83 Å². The normalized spacial score (nSPS) is 12.4. The summed E-state index contributed by atoms with van der Waals surface area (Å²) in [4.78, 5) is 11.2. The lowest BCUT2D eigenvalue weighted by Crippen LogP contribution is -2.08. The topological polar surface area (TPSA) is 43.4 Å². The number of furan rings is 1. The van der Waals surface area contributed by atoms with E-state index in [2.05, 4.69) is 20.8 Å². The molecule has 0 spiro atoms. The zero-order valence-corrected chi connectivity index (χ0v) is 10.6. The van der Waals surface area contributed by atoms with Gasteiger partial charge in [-0.05, 0) is 18.2 Å². The summed E-state index contributed by atoms with van der Waals surface area (Å²) in [7, 11) is 0. The average Bonchev–Trinajstić information content (AvgIpc) is 2.68. The SMILES string of the molecule is CC(C)(C)c1cc2cc3ccc(=O)oc3cc2o1. The van der Waals surface area contributed by atoms with Crippen LogP contribution in [-0.4, -0.2) is 0 Å². The molecule has 0 bridgehead atoms. The molecule has 0 aliphatic rings. The zero-order valence-electron chi connectivity index (χ0n) is 10.6. The van der Waals surface area contributed by atoms with Crippen molar-refractivity contribution in [2.24, 2.45) is 0 Å². The minimum atomic E-state index is -0.343. The van der Waals surface area contributed by atoms with Crippen LogP contribution in [0.4, 0.5) is 0 Å². The van der Waals surface area contributed by atoms with Crippen LogP contribution in [0.5, 0.6) is 0 Å². The lowest BCUT2D eigenvalue weighted by atomic mass is 9.93. The van der Waals surface area contributed by atoms with Gasteiger partial charge in [-0.2, -0.15) is 0 Å². The largest absolute Gasteiger partial charge is 0.460 e. The molecule has 3 rings (SSSR count). The highest BCUT2D eigenvalue weighted by molar-refractivity contribution is 5.93. The lowest BCUT2D eigenvalue weighted by Gasteiger charge is -2.13. The summed E-state index contributed by atoms with van der Waals surface area (Å²) in [5.41, 5.74) is 0.933. The molecule has 92 valence electrons. The van der Waals surface area contributed by atoms with Gasteiger partial charge in [0, 0.05) is 28.3 Å². The molecule has 0 aliphatic heterocycles. The first kappa shape index (κ1) is 11.1. The third kappa shape index (κ3) is 1.72. The van der Waals surface area contributed by atoms with Crippen molar-refractivity contribution in [3.05, 3.63) is 46.5 Å². The summed E-state index contributed by atoms with van der Waals surface area (Å²) in [6.45, 7) is 6.31. The molecule has 0 N–H and O–H groups in total. The molecule has 0 radical (unpaired) electrons. The summed E-state index contributed by atoms with van der Waals surface area (Å²) in [5, 5.41) is 1.93. The van der Waals surface area contributed by atoms with Crippen molar-refractivity contribution in [3.8, 4) is 0 Å². The van der Waals surface area contributed by atoms with Gasteiger partial charge in [0.2, 0.25) is 0 Å². The predicted octanol–water partition coefficient (Wildman–Crippen LogP) is 3.84. The fourth-order valence-corrected chi connectivity index (χ4v) is 1.97. The van der Waals surface area contributed by atoms with Crippen LogP contribution in [0.25, 0.3) is 21.9 Å². The van der Waals surface area contributed by atoms with Crippen molar-refractivity contribution in [1.82, 2.24) is 0 Å². The Labute approximate surface area is 104 Å². The molecule has 0 amide bonds. The number of hydrogen-bond acceptors (Lipinski definition) is 3. The quantitative estimate of drug-likeness (QED) is 0.562.